The molecule has 0 aromatic heterocycles. The molecule has 2 saturated carbocycles. The van der Waals surface area contributed by atoms with Crippen LogP contribution in [0.4, 0.5) is 0 Å². The molecule has 1 N–H and O–H groups in total. The highest BCUT2D eigenvalue weighted by molar-refractivity contribution is 5.91. The normalized spacial score (nSPS) is 33.4. The molecule has 1 unspecified atom stereocenters. The Kier molecular flexibility index (Phi) is 5.12. The highest BCUT2D eigenvalue weighted by Gasteiger charge is 2.74. The summed E-state index contributed by atoms with van der Waals surface area (Å²) in [6.45, 7) is 4.78. The van der Waals surface area contributed by atoms with Crippen LogP contribution in [0.3, 0.4) is 0 Å². The van der Waals surface area contributed by atoms with Crippen LogP contribution in [0, 0.1) is 6.92 Å². The number of hydrogen-bond donors (Lipinski definition) is 1. The van der Waals surface area contributed by atoms with Gasteiger partial charge in [0, 0.05) is 44.5 Å². The largest absolute Gasteiger partial charge is 0.487 e. The van der Waals surface area contributed by atoms with Gasteiger partial charge in [-0.25, -0.2) is 0 Å². The monoisotopic (exact) mass is 516 g/mol. The lowest BCUT2D eigenvalue weighted by Crippen LogP contribution is -2.79. The van der Waals surface area contributed by atoms with Crippen molar-refractivity contribution in [3.63, 3.8) is 0 Å². The number of esters is 1. The first-order valence-electron chi connectivity index (χ1n) is 14.0. The fourth-order valence-corrected chi connectivity index (χ4v) is 8.36. The van der Waals surface area contributed by atoms with E-state index in [0.717, 1.165) is 24.3 Å². The van der Waals surface area contributed by atoms with Crippen molar-refractivity contribution in [3.05, 3.63) is 64.7 Å². The SMILES string of the molecule is CC(=O)OC1(C(=O)N2CC[C@]34c5c6ccc(C)c5O[C@H]3[C@H](N(C)Cc3ccccc3)CC[C@@]4(O)C2C6)CC1. The number of amides is 1. The predicted octanol–water partition coefficient (Wildman–Crippen LogP) is 3.27. The number of benzene rings is 2. The molecular formula is C31H36N2O5. The third-order valence-corrected chi connectivity index (χ3v) is 10.2. The number of rotatable bonds is 5. The van der Waals surface area contributed by atoms with Gasteiger partial charge in [0.05, 0.1) is 17.1 Å². The molecule has 1 saturated heterocycles. The van der Waals surface area contributed by atoms with E-state index in [4.69, 9.17) is 9.47 Å². The van der Waals surface area contributed by atoms with E-state index in [-0.39, 0.29) is 24.1 Å². The van der Waals surface area contributed by atoms with Gasteiger partial charge in [0.2, 0.25) is 0 Å². The van der Waals surface area contributed by atoms with Crippen molar-refractivity contribution in [2.45, 2.75) is 93.7 Å². The summed E-state index contributed by atoms with van der Waals surface area (Å²) < 4.78 is 12.4. The Hall–Kier alpha value is -2.90. The topological polar surface area (TPSA) is 79.3 Å². The summed E-state index contributed by atoms with van der Waals surface area (Å²) >= 11 is 0. The first kappa shape index (κ1) is 24.2. The maximum absolute atomic E-state index is 13.9. The number of aliphatic hydroxyl groups is 1. The van der Waals surface area contributed by atoms with Crippen LogP contribution in [0.15, 0.2) is 42.5 Å². The number of nitrogens with zero attached hydrogens (tertiary/aromatic N) is 2. The standard InChI is InChI=1S/C31H36N2O5/c1-19-9-10-22-17-24-31(36)12-11-23(32(3)18-21-7-5-4-6-8-21)27-30(31,25(22)26(19)37-27)15-16-33(24)28(35)29(13-14-29)38-20(2)34/h4-10,23-24,27,36H,11-18H2,1-3H3/t23-,24?,27+,30+,31-/m1/s1. The number of likely N-dealkylation sites (tertiary alicyclic amines) is 1. The van der Waals surface area contributed by atoms with Gasteiger partial charge < -0.3 is 19.5 Å². The lowest BCUT2D eigenvalue weighted by Gasteiger charge is -2.64. The van der Waals surface area contributed by atoms with Crippen molar-refractivity contribution >= 4 is 11.9 Å². The van der Waals surface area contributed by atoms with Gasteiger partial charge in [-0.05, 0) is 56.3 Å². The summed E-state index contributed by atoms with van der Waals surface area (Å²) in [7, 11) is 2.16. The Morgan fingerprint density at radius 3 is 2.61 bits per heavy atom. The first-order valence-corrected chi connectivity index (χ1v) is 14.0. The predicted molar refractivity (Wildman–Crippen MR) is 141 cm³/mol. The molecule has 200 valence electrons. The quantitative estimate of drug-likeness (QED) is 0.615. The number of piperidine rings is 1. The van der Waals surface area contributed by atoms with Crippen LogP contribution < -0.4 is 4.74 Å². The van der Waals surface area contributed by atoms with Crippen molar-refractivity contribution in [3.8, 4) is 5.75 Å². The van der Waals surface area contributed by atoms with Crippen LogP contribution in [0.5, 0.6) is 5.75 Å². The molecular weight excluding hydrogens is 480 g/mol. The van der Waals surface area contributed by atoms with E-state index < -0.39 is 22.6 Å². The molecule has 7 heteroatoms. The van der Waals surface area contributed by atoms with Gasteiger partial charge in [0.25, 0.3) is 5.91 Å². The number of hydrogen-bond acceptors (Lipinski definition) is 6. The summed E-state index contributed by atoms with van der Waals surface area (Å²) in [4.78, 5) is 29.9. The molecule has 2 heterocycles. The maximum atomic E-state index is 13.9. The van der Waals surface area contributed by atoms with Crippen LogP contribution in [0.2, 0.25) is 0 Å². The van der Waals surface area contributed by atoms with E-state index in [9.17, 15) is 14.7 Å². The number of carbonyl (C=O) groups excluding carboxylic acids is 2. The van der Waals surface area contributed by atoms with E-state index in [1.165, 1.54) is 23.6 Å². The minimum atomic E-state index is -1.10. The van der Waals surface area contributed by atoms with Gasteiger partial charge in [0.15, 0.2) is 5.60 Å². The highest BCUT2D eigenvalue weighted by Crippen LogP contribution is 2.65. The van der Waals surface area contributed by atoms with Crippen LogP contribution in [0.1, 0.15) is 61.3 Å². The van der Waals surface area contributed by atoms with Crippen LogP contribution >= 0.6 is 0 Å². The number of likely N-dealkylation sites (N-methyl/N-ethyl adjacent to an activating group) is 1. The summed E-state index contributed by atoms with van der Waals surface area (Å²) in [5, 5.41) is 12.8. The number of ether oxygens (including phenoxy) is 2. The minimum absolute atomic E-state index is 0.131. The van der Waals surface area contributed by atoms with Crippen LogP contribution in [-0.2, 0) is 32.7 Å². The molecule has 1 spiro atoms. The lowest BCUT2D eigenvalue weighted by atomic mass is 9.48. The fraction of sp³-hybridized carbons (Fsp3) is 0.548. The van der Waals surface area contributed by atoms with Gasteiger partial charge in [-0.2, -0.15) is 0 Å². The van der Waals surface area contributed by atoms with E-state index in [1.807, 2.05) is 11.0 Å². The first-order chi connectivity index (χ1) is 18.2. The van der Waals surface area contributed by atoms with Crippen molar-refractivity contribution in [1.82, 2.24) is 9.80 Å². The lowest BCUT2D eigenvalue weighted by molar-refractivity contribution is -0.207. The van der Waals surface area contributed by atoms with E-state index in [0.29, 0.717) is 38.6 Å². The summed E-state index contributed by atoms with van der Waals surface area (Å²) in [5.74, 6) is 0.363. The van der Waals surface area contributed by atoms with Crippen molar-refractivity contribution in [2.24, 2.45) is 0 Å². The third kappa shape index (κ3) is 3.09. The average molecular weight is 517 g/mol. The highest BCUT2D eigenvalue weighted by atomic mass is 16.6. The molecule has 3 aliphatic carbocycles. The average Bonchev–Trinajstić information content (AvgIpc) is 3.56. The Morgan fingerprint density at radius 2 is 1.89 bits per heavy atom. The van der Waals surface area contributed by atoms with Crippen molar-refractivity contribution in [1.29, 1.82) is 0 Å². The van der Waals surface area contributed by atoms with Gasteiger partial charge in [0.1, 0.15) is 11.9 Å². The molecule has 3 fully saturated rings. The van der Waals surface area contributed by atoms with Crippen molar-refractivity contribution < 1.29 is 24.2 Å². The second-order valence-corrected chi connectivity index (χ2v) is 12.2. The molecule has 2 aliphatic heterocycles. The maximum Gasteiger partial charge on any atom is 0.303 e. The Labute approximate surface area is 223 Å². The zero-order valence-corrected chi connectivity index (χ0v) is 22.4. The molecule has 2 bridgehead atoms. The second-order valence-electron chi connectivity index (χ2n) is 12.2. The summed E-state index contributed by atoms with van der Waals surface area (Å²) in [6.07, 6.45) is 3.50. The van der Waals surface area contributed by atoms with Gasteiger partial charge in [-0.1, -0.05) is 42.5 Å². The van der Waals surface area contributed by atoms with Gasteiger partial charge >= 0.3 is 5.97 Å². The fourth-order valence-electron chi connectivity index (χ4n) is 8.36. The van der Waals surface area contributed by atoms with Crippen LogP contribution in [0.25, 0.3) is 0 Å². The van der Waals surface area contributed by atoms with E-state index in [2.05, 4.69) is 55.3 Å². The van der Waals surface area contributed by atoms with E-state index >= 15 is 0 Å². The van der Waals surface area contributed by atoms with Gasteiger partial charge in [-0.3, -0.25) is 14.5 Å². The third-order valence-electron chi connectivity index (χ3n) is 10.2. The molecule has 0 radical (unpaired) electrons. The summed E-state index contributed by atoms with van der Waals surface area (Å²) in [5.41, 5.74) is 1.97. The molecule has 5 atom stereocenters. The molecule has 1 amide bonds. The van der Waals surface area contributed by atoms with Crippen LogP contribution in [-0.4, -0.2) is 69.8 Å². The zero-order chi connectivity index (χ0) is 26.4. The number of carbonyl (C=O) groups is 2. The Balaban J connectivity index is 1.29. The zero-order valence-electron chi connectivity index (χ0n) is 22.4. The van der Waals surface area contributed by atoms with Gasteiger partial charge in [-0.15, -0.1) is 0 Å². The molecule has 5 aliphatic rings. The van der Waals surface area contributed by atoms with E-state index in [1.54, 1.807) is 0 Å². The molecule has 2 aromatic rings. The Bertz CT molecular complexity index is 1320. The second kappa shape index (κ2) is 8.06. The molecule has 2 aromatic carbocycles. The molecule has 38 heavy (non-hydrogen) atoms. The smallest absolute Gasteiger partial charge is 0.303 e. The Morgan fingerprint density at radius 1 is 1.13 bits per heavy atom. The number of aryl methyl sites for hydroxylation is 1. The summed E-state index contributed by atoms with van der Waals surface area (Å²) in [6, 6.07) is 14.5. The molecule has 7 nitrogen and oxygen atoms in total. The molecule has 7 rings (SSSR count). The van der Waals surface area contributed by atoms with Crippen molar-refractivity contribution in [2.75, 3.05) is 13.6 Å². The minimum Gasteiger partial charge on any atom is -0.487 e.